The average molecular weight is 346 g/mol. The second kappa shape index (κ2) is 6.66. The van der Waals surface area contributed by atoms with Crippen molar-refractivity contribution in [3.8, 4) is 0 Å². The van der Waals surface area contributed by atoms with E-state index in [1.165, 1.54) is 12.1 Å². The molecule has 1 aliphatic rings. The Morgan fingerprint density at radius 2 is 1.92 bits per heavy atom. The molecule has 1 aliphatic carbocycles. The molecule has 1 fully saturated rings. The van der Waals surface area contributed by atoms with Gasteiger partial charge in [-0.3, -0.25) is 14.4 Å². The molecule has 1 saturated carbocycles. The first-order chi connectivity index (χ1) is 11.9. The number of carbonyl (C=O) groups excluding carboxylic acids is 1. The minimum absolute atomic E-state index is 0.120. The zero-order chi connectivity index (χ0) is 18.0. The Hall–Kier alpha value is -2.70. The van der Waals surface area contributed by atoms with Crippen LogP contribution in [0.5, 0.6) is 0 Å². The molecule has 0 radical (unpaired) electrons. The summed E-state index contributed by atoms with van der Waals surface area (Å²) in [4.78, 5) is 38.4. The molecule has 1 amide bonds. The summed E-state index contributed by atoms with van der Waals surface area (Å²) in [6.45, 7) is 0. The number of carbonyl (C=O) groups is 2. The number of aromatic nitrogens is 1. The van der Waals surface area contributed by atoms with E-state index in [4.69, 9.17) is 0 Å². The number of hydrogen-bond acceptors (Lipinski definition) is 3. The highest BCUT2D eigenvalue weighted by atomic mass is 19.1. The maximum absolute atomic E-state index is 13.4. The lowest BCUT2D eigenvalue weighted by atomic mass is 9.79. The zero-order valence-corrected chi connectivity index (χ0v) is 13.6. The summed E-state index contributed by atoms with van der Waals surface area (Å²) in [7, 11) is 0. The van der Waals surface area contributed by atoms with E-state index in [2.05, 4.69) is 10.3 Å². The number of carboxylic acids is 1. The van der Waals surface area contributed by atoms with Gasteiger partial charge >= 0.3 is 5.97 Å². The number of hydrogen-bond donors (Lipinski definition) is 3. The van der Waals surface area contributed by atoms with Crippen molar-refractivity contribution in [2.75, 3.05) is 0 Å². The summed E-state index contributed by atoms with van der Waals surface area (Å²) in [5, 5.41) is 12.5. The lowest BCUT2D eigenvalue weighted by molar-refractivity contribution is -0.139. The van der Waals surface area contributed by atoms with E-state index in [0.717, 1.165) is 31.4 Å². The molecule has 1 aromatic carbocycles. The van der Waals surface area contributed by atoms with Gasteiger partial charge in [-0.25, -0.2) is 4.39 Å². The molecule has 0 spiro atoms. The van der Waals surface area contributed by atoms with Crippen molar-refractivity contribution in [1.82, 2.24) is 10.3 Å². The lowest BCUT2D eigenvalue weighted by Gasteiger charge is -2.37. The van der Waals surface area contributed by atoms with Crippen LogP contribution in [0.15, 0.2) is 29.1 Å². The molecule has 6 nitrogen and oxygen atoms in total. The molecular weight excluding hydrogens is 327 g/mol. The second-order valence-electron chi connectivity index (χ2n) is 6.60. The molecule has 0 saturated heterocycles. The Labute approximate surface area is 143 Å². The van der Waals surface area contributed by atoms with Gasteiger partial charge in [0.2, 0.25) is 5.56 Å². The molecule has 7 heteroatoms. The van der Waals surface area contributed by atoms with Crippen LogP contribution in [-0.2, 0) is 4.79 Å². The molecule has 0 aliphatic heterocycles. The number of H-pyrrole nitrogens is 1. The van der Waals surface area contributed by atoms with Crippen molar-refractivity contribution >= 4 is 22.8 Å². The fourth-order valence-corrected chi connectivity index (χ4v) is 3.59. The van der Waals surface area contributed by atoms with Crippen molar-refractivity contribution in [3.63, 3.8) is 0 Å². The Kier molecular flexibility index (Phi) is 4.57. The van der Waals surface area contributed by atoms with Crippen molar-refractivity contribution in [2.24, 2.45) is 0 Å². The van der Waals surface area contributed by atoms with Crippen LogP contribution in [-0.4, -0.2) is 27.5 Å². The van der Waals surface area contributed by atoms with Gasteiger partial charge < -0.3 is 15.4 Å². The van der Waals surface area contributed by atoms with Crippen LogP contribution in [0, 0.1) is 5.82 Å². The molecule has 1 aromatic heterocycles. The minimum Gasteiger partial charge on any atom is -0.481 e. The fraction of sp³-hybridized carbons (Fsp3) is 0.389. The molecule has 0 bridgehead atoms. The first kappa shape index (κ1) is 17.1. The number of benzene rings is 1. The van der Waals surface area contributed by atoms with Crippen LogP contribution in [0.25, 0.3) is 10.9 Å². The van der Waals surface area contributed by atoms with Crippen LogP contribution in [0.4, 0.5) is 4.39 Å². The van der Waals surface area contributed by atoms with Gasteiger partial charge in [-0.05, 0) is 31.0 Å². The van der Waals surface area contributed by atoms with Crippen molar-refractivity contribution in [1.29, 1.82) is 0 Å². The number of halogens is 1. The molecule has 3 N–H and O–H groups in total. The standard InChI is InChI=1S/C18H19FN2O4/c19-11-4-5-12-13(9-15(22)20-14(12)8-11)17(25)21-18(10-16(23)24)6-2-1-3-7-18/h4-5,8-9H,1-3,6-7,10H2,(H,20,22)(H,21,25)(H,23,24). The van der Waals surface area contributed by atoms with Gasteiger partial charge in [0.1, 0.15) is 5.82 Å². The largest absolute Gasteiger partial charge is 0.481 e. The van der Waals surface area contributed by atoms with E-state index in [9.17, 15) is 23.9 Å². The number of aliphatic carboxylic acids is 1. The van der Waals surface area contributed by atoms with Crippen molar-refractivity contribution in [2.45, 2.75) is 44.1 Å². The molecule has 0 unspecified atom stereocenters. The van der Waals surface area contributed by atoms with Gasteiger partial charge in [-0.1, -0.05) is 19.3 Å². The van der Waals surface area contributed by atoms with Crippen LogP contribution in [0.2, 0.25) is 0 Å². The summed E-state index contributed by atoms with van der Waals surface area (Å²) >= 11 is 0. The number of nitrogens with one attached hydrogen (secondary N) is 2. The highest BCUT2D eigenvalue weighted by Gasteiger charge is 2.36. The SMILES string of the molecule is O=C(O)CC1(NC(=O)c2cc(=O)[nH]c3cc(F)ccc23)CCCCC1. The van der Waals surface area contributed by atoms with E-state index in [0.29, 0.717) is 18.2 Å². The van der Waals surface area contributed by atoms with Crippen LogP contribution < -0.4 is 10.9 Å². The molecule has 1 heterocycles. The molecule has 2 aromatic rings. The zero-order valence-electron chi connectivity index (χ0n) is 13.6. The van der Waals surface area contributed by atoms with E-state index in [1.54, 1.807) is 0 Å². The molecule has 132 valence electrons. The summed E-state index contributed by atoms with van der Waals surface area (Å²) in [5.74, 6) is -2.00. The number of carboxylic acid groups (broad SMARTS) is 1. The highest BCUT2D eigenvalue weighted by Crippen LogP contribution is 2.31. The monoisotopic (exact) mass is 346 g/mol. The van der Waals surface area contributed by atoms with E-state index >= 15 is 0 Å². The Morgan fingerprint density at radius 3 is 2.60 bits per heavy atom. The molecule has 0 atom stereocenters. The van der Waals surface area contributed by atoms with Crippen molar-refractivity contribution < 1.29 is 19.1 Å². The first-order valence-electron chi connectivity index (χ1n) is 8.25. The Balaban J connectivity index is 1.98. The number of aromatic amines is 1. The third-order valence-corrected chi connectivity index (χ3v) is 4.73. The minimum atomic E-state index is -0.972. The maximum atomic E-state index is 13.4. The normalized spacial score (nSPS) is 16.5. The predicted molar refractivity (Wildman–Crippen MR) is 90.1 cm³/mol. The molecular formula is C18H19FN2O4. The number of fused-ring (bicyclic) bond motifs is 1. The smallest absolute Gasteiger partial charge is 0.305 e. The van der Waals surface area contributed by atoms with Gasteiger partial charge in [0.05, 0.1) is 23.0 Å². The predicted octanol–water partition coefficient (Wildman–Crippen LogP) is 2.57. The van der Waals surface area contributed by atoms with Gasteiger partial charge in [0.25, 0.3) is 5.91 Å². The van der Waals surface area contributed by atoms with E-state index in [1.807, 2.05) is 0 Å². The highest BCUT2D eigenvalue weighted by molar-refractivity contribution is 6.06. The van der Waals surface area contributed by atoms with Crippen LogP contribution in [0.3, 0.4) is 0 Å². The topological polar surface area (TPSA) is 99.3 Å². The Bertz CT molecular complexity index is 884. The number of pyridine rings is 1. The third kappa shape index (κ3) is 3.70. The Morgan fingerprint density at radius 1 is 1.20 bits per heavy atom. The van der Waals surface area contributed by atoms with E-state index < -0.39 is 28.8 Å². The fourth-order valence-electron chi connectivity index (χ4n) is 3.59. The van der Waals surface area contributed by atoms with Gasteiger partial charge in [-0.15, -0.1) is 0 Å². The first-order valence-corrected chi connectivity index (χ1v) is 8.25. The summed E-state index contributed by atoms with van der Waals surface area (Å²) < 4.78 is 13.4. The van der Waals surface area contributed by atoms with Crippen LogP contribution in [0.1, 0.15) is 48.9 Å². The average Bonchev–Trinajstić information content (AvgIpc) is 2.53. The quantitative estimate of drug-likeness (QED) is 0.792. The number of rotatable bonds is 4. The summed E-state index contributed by atoms with van der Waals surface area (Å²) in [6.07, 6.45) is 3.70. The third-order valence-electron chi connectivity index (χ3n) is 4.73. The van der Waals surface area contributed by atoms with Crippen LogP contribution >= 0.6 is 0 Å². The maximum Gasteiger partial charge on any atom is 0.305 e. The van der Waals surface area contributed by atoms with Gasteiger partial charge in [0, 0.05) is 11.5 Å². The van der Waals surface area contributed by atoms with Gasteiger partial charge in [0.15, 0.2) is 0 Å². The lowest BCUT2D eigenvalue weighted by Crippen LogP contribution is -2.51. The number of amides is 1. The van der Waals surface area contributed by atoms with Crippen molar-refractivity contribution in [3.05, 3.63) is 46.0 Å². The second-order valence-corrected chi connectivity index (χ2v) is 6.60. The summed E-state index contributed by atoms with van der Waals surface area (Å²) in [6, 6.07) is 4.96. The van der Waals surface area contributed by atoms with Gasteiger partial charge in [-0.2, -0.15) is 0 Å². The van der Waals surface area contributed by atoms with E-state index in [-0.39, 0.29) is 17.5 Å². The molecule has 25 heavy (non-hydrogen) atoms. The molecule has 3 rings (SSSR count). The summed E-state index contributed by atoms with van der Waals surface area (Å²) in [5.41, 5.74) is -0.974.